The van der Waals surface area contributed by atoms with Gasteiger partial charge >= 0.3 is 0 Å². The Morgan fingerprint density at radius 2 is 2.21 bits per heavy atom. The molecule has 2 aromatic rings. The number of nitrogens with one attached hydrogen (secondary N) is 1. The second-order valence-corrected chi connectivity index (χ2v) is 7.38. The molecule has 1 saturated carbocycles. The Bertz CT molecular complexity index is 891. The summed E-state index contributed by atoms with van der Waals surface area (Å²) < 4.78 is 6.67. The number of nitrogens with zero attached hydrogens (tertiary/aromatic N) is 2. The molecule has 6 heteroatoms. The molecule has 0 amide bonds. The predicted molar refractivity (Wildman–Crippen MR) is 95.0 cm³/mol. The van der Waals surface area contributed by atoms with E-state index >= 15 is 0 Å². The highest BCUT2D eigenvalue weighted by molar-refractivity contribution is 6.35. The summed E-state index contributed by atoms with van der Waals surface area (Å²) in [4.78, 5) is 12.5. The van der Waals surface area contributed by atoms with Gasteiger partial charge in [-0.25, -0.2) is 4.68 Å². The Kier molecular flexibility index (Phi) is 3.66. The molecule has 1 aliphatic carbocycles. The molecule has 1 spiro atoms. The van der Waals surface area contributed by atoms with E-state index in [1.807, 2.05) is 12.3 Å². The molecule has 24 heavy (non-hydrogen) atoms. The summed E-state index contributed by atoms with van der Waals surface area (Å²) >= 11 is 6.29. The molecule has 1 aromatic carbocycles. The van der Waals surface area contributed by atoms with E-state index in [4.69, 9.17) is 16.3 Å². The van der Waals surface area contributed by atoms with Gasteiger partial charge in [-0.15, -0.1) is 0 Å². The van der Waals surface area contributed by atoms with Gasteiger partial charge in [0.15, 0.2) is 0 Å². The van der Waals surface area contributed by atoms with Gasteiger partial charge in [0.2, 0.25) is 0 Å². The van der Waals surface area contributed by atoms with Crippen molar-refractivity contribution in [2.75, 3.05) is 20.2 Å². The van der Waals surface area contributed by atoms with Crippen molar-refractivity contribution in [1.82, 2.24) is 15.1 Å². The summed E-state index contributed by atoms with van der Waals surface area (Å²) in [6.07, 6.45) is 5.83. The third kappa shape index (κ3) is 2.26. The molecule has 0 bridgehead atoms. The zero-order valence-corrected chi connectivity index (χ0v) is 14.6. The van der Waals surface area contributed by atoms with Gasteiger partial charge in [0.05, 0.1) is 30.0 Å². The number of benzene rings is 1. The quantitative estimate of drug-likeness (QED) is 0.869. The first-order chi connectivity index (χ1) is 11.5. The highest BCUT2D eigenvalue weighted by atomic mass is 35.5. The molecule has 4 rings (SSSR count). The van der Waals surface area contributed by atoms with Crippen molar-refractivity contribution >= 4 is 27.9 Å². The van der Waals surface area contributed by atoms with E-state index < -0.39 is 0 Å². The van der Waals surface area contributed by atoms with Crippen LogP contribution in [0.5, 0.6) is 0 Å². The molecule has 1 N–H and O–H groups in total. The average Bonchev–Trinajstić information content (AvgIpc) is 2.47. The number of ether oxygens (including phenoxy) is 1. The number of fused-ring (bicyclic) bond motifs is 1. The van der Waals surface area contributed by atoms with Crippen LogP contribution in [-0.2, 0) is 11.8 Å². The molecule has 0 atom stereocenters. The molecular weight excluding hydrogens is 326 g/mol. The van der Waals surface area contributed by atoms with Gasteiger partial charge in [-0.05, 0) is 41.4 Å². The van der Waals surface area contributed by atoms with Crippen LogP contribution in [0.3, 0.4) is 0 Å². The molecule has 126 valence electrons. The first-order valence-electron chi connectivity index (χ1n) is 8.13. The smallest absolute Gasteiger partial charge is 0.275 e. The summed E-state index contributed by atoms with van der Waals surface area (Å²) in [6.45, 7) is 2.21. The van der Waals surface area contributed by atoms with E-state index in [0.29, 0.717) is 21.7 Å². The lowest BCUT2D eigenvalue weighted by Crippen LogP contribution is -2.60. The second-order valence-electron chi connectivity index (χ2n) is 6.97. The number of hydrogen-bond donors (Lipinski definition) is 1. The highest BCUT2D eigenvalue weighted by Crippen LogP contribution is 2.53. The monoisotopic (exact) mass is 345 g/mol. The first kappa shape index (κ1) is 15.7. The summed E-state index contributed by atoms with van der Waals surface area (Å²) in [5.74, 6) is 0.445. The van der Waals surface area contributed by atoms with E-state index in [2.05, 4.69) is 10.4 Å². The van der Waals surface area contributed by atoms with Crippen LogP contribution in [0.25, 0.3) is 16.3 Å². The van der Waals surface area contributed by atoms with Crippen LogP contribution < -0.4 is 10.9 Å². The van der Waals surface area contributed by atoms with Gasteiger partial charge in [0.25, 0.3) is 5.56 Å². The lowest BCUT2D eigenvalue weighted by atomic mass is 9.56. The lowest BCUT2D eigenvalue weighted by Gasteiger charge is -2.55. The molecular formula is C18H20ClN3O2. The number of rotatable bonds is 3. The second kappa shape index (κ2) is 5.60. The van der Waals surface area contributed by atoms with Crippen LogP contribution >= 0.6 is 11.6 Å². The van der Waals surface area contributed by atoms with Crippen LogP contribution in [0.15, 0.2) is 29.4 Å². The summed E-state index contributed by atoms with van der Waals surface area (Å²) in [6, 6.07) is 3.77. The fraction of sp³-hybridized carbons (Fsp3) is 0.444. The third-order valence-corrected chi connectivity index (χ3v) is 5.73. The number of aryl methyl sites for hydroxylation is 1. The number of allylic oxidation sites excluding steroid dienone is 1. The Labute approximate surface area is 145 Å². The minimum absolute atomic E-state index is 0.176. The molecule has 5 nitrogen and oxygen atoms in total. The van der Waals surface area contributed by atoms with E-state index in [-0.39, 0.29) is 5.56 Å². The molecule has 0 radical (unpaired) electrons. The fourth-order valence-corrected chi connectivity index (χ4v) is 4.28. The minimum atomic E-state index is -0.176. The topological polar surface area (TPSA) is 56.2 Å². The van der Waals surface area contributed by atoms with E-state index in [0.717, 1.165) is 42.5 Å². The molecule has 1 saturated heterocycles. The largest absolute Gasteiger partial charge is 0.504 e. The van der Waals surface area contributed by atoms with Gasteiger partial charge in [-0.3, -0.25) is 4.79 Å². The van der Waals surface area contributed by atoms with Crippen molar-refractivity contribution in [2.24, 2.45) is 18.4 Å². The molecule has 2 aliphatic rings. The number of halogens is 1. The third-order valence-electron chi connectivity index (χ3n) is 5.42. The lowest BCUT2D eigenvalue weighted by molar-refractivity contribution is 0.0261. The molecule has 2 heterocycles. The number of methoxy groups -OCH3 is 1. The zero-order valence-electron chi connectivity index (χ0n) is 13.8. The Morgan fingerprint density at radius 1 is 1.46 bits per heavy atom. The van der Waals surface area contributed by atoms with Crippen molar-refractivity contribution in [3.05, 3.63) is 45.5 Å². The fourth-order valence-electron chi connectivity index (χ4n) is 4.03. The normalized spacial score (nSPS) is 20.0. The van der Waals surface area contributed by atoms with Crippen LogP contribution in [0.2, 0.25) is 5.02 Å². The van der Waals surface area contributed by atoms with Gasteiger partial charge in [0, 0.05) is 25.5 Å². The zero-order chi connectivity index (χ0) is 16.9. The van der Waals surface area contributed by atoms with Crippen LogP contribution in [0.4, 0.5) is 0 Å². The molecule has 0 unspecified atom stereocenters. The highest BCUT2D eigenvalue weighted by Gasteiger charge is 2.49. The first-order valence-corrected chi connectivity index (χ1v) is 8.51. The Balaban J connectivity index is 1.82. The molecule has 1 aromatic heterocycles. The maximum Gasteiger partial charge on any atom is 0.275 e. The average molecular weight is 346 g/mol. The van der Waals surface area contributed by atoms with Crippen molar-refractivity contribution in [2.45, 2.75) is 12.8 Å². The minimum Gasteiger partial charge on any atom is -0.504 e. The maximum atomic E-state index is 12.5. The van der Waals surface area contributed by atoms with Gasteiger partial charge < -0.3 is 10.1 Å². The number of hydrogen-bond acceptors (Lipinski definition) is 4. The van der Waals surface area contributed by atoms with Crippen molar-refractivity contribution in [3.8, 4) is 0 Å². The summed E-state index contributed by atoms with van der Waals surface area (Å²) in [5, 5.41) is 9.32. The Hall–Kier alpha value is -1.85. The van der Waals surface area contributed by atoms with Gasteiger partial charge in [0.1, 0.15) is 0 Å². The van der Waals surface area contributed by atoms with Crippen LogP contribution in [0, 0.1) is 11.3 Å². The van der Waals surface area contributed by atoms with Crippen LogP contribution in [0.1, 0.15) is 18.4 Å². The van der Waals surface area contributed by atoms with E-state index in [1.165, 1.54) is 4.68 Å². The maximum absolute atomic E-state index is 12.5. The van der Waals surface area contributed by atoms with E-state index in [9.17, 15) is 4.79 Å². The standard InChI is InChI=1S/C18H20ClN3O2/c1-22-17(23)16-13(7-21-22)12(3-4-15(16)19)14(8-24-2)11-5-18(6-11)9-20-10-18/h3-4,7-8,11,20H,5-6,9-10H2,1-2H3/b14-8+. The van der Waals surface area contributed by atoms with Crippen molar-refractivity contribution in [1.29, 1.82) is 0 Å². The Morgan fingerprint density at radius 3 is 2.83 bits per heavy atom. The van der Waals surface area contributed by atoms with Crippen LogP contribution in [-0.4, -0.2) is 30.0 Å². The van der Waals surface area contributed by atoms with Crippen molar-refractivity contribution in [3.63, 3.8) is 0 Å². The van der Waals surface area contributed by atoms with Crippen molar-refractivity contribution < 1.29 is 4.74 Å². The SMILES string of the molecule is CO/C=C(/c1ccc(Cl)c2c(=O)n(C)ncc12)C1CC2(CNC2)C1. The molecule has 2 fully saturated rings. The van der Waals surface area contributed by atoms with E-state index in [1.54, 1.807) is 26.4 Å². The summed E-state index contributed by atoms with van der Waals surface area (Å²) in [7, 11) is 3.30. The predicted octanol–water partition coefficient (Wildman–Crippen LogP) is 2.57. The molecule has 1 aliphatic heterocycles. The number of aromatic nitrogens is 2. The van der Waals surface area contributed by atoms with Gasteiger partial charge in [-0.1, -0.05) is 17.7 Å². The van der Waals surface area contributed by atoms with Gasteiger partial charge in [-0.2, -0.15) is 5.10 Å². The summed E-state index contributed by atoms with van der Waals surface area (Å²) in [5.41, 5.74) is 2.42.